The van der Waals surface area contributed by atoms with Gasteiger partial charge in [0.1, 0.15) is 11.0 Å². The minimum atomic E-state index is -0.448. The van der Waals surface area contributed by atoms with E-state index in [0.29, 0.717) is 41.3 Å². The number of hydrogen-bond acceptors (Lipinski definition) is 5. The summed E-state index contributed by atoms with van der Waals surface area (Å²) in [6, 6.07) is 12.5. The molecule has 1 aliphatic rings. The summed E-state index contributed by atoms with van der Waals surface area (Å²) in [6.07, 6.45) is 0. The van der Waals surface area contributed by atoms with Gasteiger partial charge in [-0.3, -0.25) is 9.59 Å². The van der Waals surface area contributed by atoms with Crippen LogP contribution in [0.4, 0.5) is 0 Å². The van der Waals surface area contributed by atoms with Crippen LogP contribution in [0.3, 0.4) is 0 Å². The number of ether oxygens (including phenoxy) is 1. The molecule has 3 aromatic rings. The Bertz CT molecular complexity index is 1040. The third kappa shape index (κ3) is 4.55. The molecule has 8 nitrogen and oxygen atoms in total. The van der Waals surface area contributed by atoms with Crippen molar-refractivity contribution in [2.75, 3.05) is 26.3 Å². The minimum Gasteiger partial charge on any atom is -0.379 e. The topological polar surface area (TPSA) is 100 Å². The summed E-state index contributed by atoms with van der Waals surface area (Å²) >= 11 is 5.98. The molecule has 0 bridgehead atoms. The van der Waals surface area contributed by atoms with E-state index in [1.165, 1.54) is 0 Å². The zero-order chi connectivity index (χ0) is 20.2. The Hall–Kier alpha value is -2.97. The van der Waals surface area contributed by atoms with Crippen molar-refractivity contribution in [3.63, 3.8) is 0 Å². The molecule has 1 unspecified atom stereocenters. The van der Waals surface area contributed by atoms with Crippen molar-refractivity contribution in [3.8, 4) is 0 Å². The molecule has 29 heavy (non-hydrogen) atoms. The second kappa shape index (κ2) is 8.59. The van der Waals surface area contributed by atoms with Crippen LogP contribution >= 0.6 is 11.6 Å². The molecule has 150 valence electrons. The highest BCUT2D eigenvalue weighted by molar-refractivity contribution is 6.30. The average molecular weight is 414 g/mol. The molecule has 2 N–H and O–H groups in total. The predicted octanol–water partition coefficient (Wildman–Crippen LogP) is 2.02. The highest BCUT2D eigenvalue weighted by atomic mass is 35.5. The van der Waals surface area contributed by atoms with Crippen LogP contribution in [0.25, 0.3) is 11.0 Å². The highest BCUT2D eigenvalue weighted by Crippen LogP contribution is 2.16. The standard InChI is InChI=1S/C20H20ClN5O3/c21-16-3-1-2-13(8-16)10-22-19(27)15-11-26(6-7-29-12-15)20(28)14-4-5-17-18(9-14)24-25-23-17/h1-5,8-9,15H,6-7,10-12H2,(H,22,27)(H,23,24,25). The van der Waals surface area contributed by atoms with Gasteiger partial charge >= 0.3 is 0 Å². The van der Waals surface area contributed by atoms with E-state index in [1.807, 2.05) is 12.1 Å². The van der Waals surface area contributed by atoms with Crippen LogP contribution in [0.2, 0.25) is 5.02 Å². The van der Waals surface area contributed by atoms with E-state index in [0.717, 1.165) is 5.56 Å². The number of hydrogen-bond donors (Lipinski definition) is 2. The molecule has 1 aromatic heterocycles. The van der Waals surface area contributed by atoms with Gasteiger partial charge in [-0.2, -0.15) is 15.4 Å². The summed E-state index contributed by atoms with van der Waals surface area (Å²) in [4.78, 5) is 27.3. The number of aromatic amines is 1. The molecule has 0 saturated carbocycles. The Morgan fingerprint density at radius 3 is 2.93 bits per heavy atom. The van der Waals surface area contributed by atoms with Crippen LogP contribution in [-0.4, -0.2) is 58.4 Å². The molecule has 0 spiro atoms. The lowest BCUT2D eigenvalue weighted by atomic mass is 10.1. The Balaban J connectivity index is 1.42. The van der Waals surface area contributed by atoms with Gasteiger partial charge in [0.2, 0.25) is 5.91 Å². The van der Waals surface area contributed by atoms with Gasteiger partial charge in [-0.1, -0.05) is 23.7 Å². The number of carbonyl (C=O) groups excluding carboxylic acids is 2. The summed E-state index contributed by atoms with van der Waals surface area (Å²) in [5.41, 5.74) is 2.73. The summed E-state index contributed by atoms with van der Waals surface area (Å²) in [7, 11) is 0. The maximum absolute atomic E-state index is 13.0. The van der Waals surface area contributed by atoms with E-state index in [1.54, 1.807) is 35.2 Å². The number of carbonyl (C=O) groups is 2. The van der Waals surface area contributed by atoms with E-state index in [2.05, 4.69) is 20.7 Å². The van der Waals surface area contributed by atoms with E-state index < -0.39 is 5.92 Å². The molecular weight excluding hydrogens is 394 g/mol. The maximum Gasteiger partial charge on any atom is 0.254 e. The quantitative estimate of drug-likeness (QED) is 0.681. The number of aromatic nitrogens is 3. The predicted molar refractivity (Wildman–Crippen MR) is 107 cm³/mol. The van der Waals surface area contributed by atoms with Crippen LogP contribution in [0.5, 0.6) is 0 Å². The number of rotatable bonds is 4. The van der Waals surface area contributed by atoms with Gasteiger partial charge in [0.15, 0.2) is 0 Å². The zero-order valence-corrected chi connectivity index (χ0v) is 16.4. The maximum atomic E-state index is 13.0. The van der Waals surface area contributed by atoms with Gasteiger partial charge in [0.05, 0.1) is 19.1 Å². The molecule has 1 atom stereocenters. The molecule has 1 fully saturated rings. The van der Waals surface area contributed by atoms with E-state index >= 15 is 0 Å². The fourth-order valence-corrected chi connectivity index (χ4v) is 3.50. The Kier molecular flexibility index (Phi) is 5.73. The Labute approximate surface area is 172 Å². The largest absolute Gasteiger partial charge is 0.379 e. The first kappa shape index (κ1) is 19.4. The molecular formula is C20H20ClN5O3. The van der Waals surface area contributed by atoms with Crippen molar-refractivity contribution in [2.45, 2.75) is 6.54 Å². The lowest BCUT2D eigenvalue weighted by Crippen LogP contribution is -2.41. The van der Waals surface area contributed by atoms with Gasteiger partial charge in [0.25, 0.3) is 5.91 Å². The first-order valence-corrected chi connectivity index (χ1v) is 9.67. The van der Waals surface area contributed by atoms with E-state index in [9.17, 15) is 9.59 Å². The highest BCUT2D eigenvalue weighted by Gasteiger charge is 2.28. The van der Waals surface area contributed by atoms with Crippen molar-refractivity contribution in [1.82, 2.24) is 25.6 Å². The molecule has 4 rings (SSSR count). The van der Waals surface area contributed by atoms with Gasteiger partial charge in [-0.15, -0.1) is 0 Å². The van der Waals surface area contributed by atoms with E-state index in [4.69, 9.17) is 16.3 Å². The van der Waals surface area contributed by atoms with Crippen LogP contribution in [-0.2, 0) is 16.1 Å². The first-order chi connectivity index (χ1) is 14.1. The molecule has 0 radical (unpaired) electrons. The lowest BCUT2D eigenvalue weighted by Gasteiger charge is -2.23. The van der Waals surface area contributed by atoms with Crippen molar-refractivity contribution in [1.29, 1.82) is 0 Å². The SMILES string of the molecule is O=C(NCc1cccc(Cl)c1)C1COCCN(C(=O)c2ccc3n[nH]nc3c2)C1. The number of benzene rings is 2. The van der Waals surface area contributed by atoms with Crippen molar-refractivity contribution < 1.29 is 14.3 Å². The lowest BCUT2D eigenvalue weighted by molar-refractivity contribution is -0.126. The third-order valence-corrected chi connectivity index (χ3v) is 5.08. The summed E-state index contributed by atoms with van der Waals surface area (Å²) in [5.74, 6) is -0.763. The molecule has 1 saturated heterocycles. The normalized spacial score (nSPS) is 17.1. The van der Waals surface area contributed by atoms with Gasteiger partial charge in [0, 0.05) is 30.2 Å². The fraction of sp³-hybridized carbons (Fsp3) is 0.300. The van der Waals surface area contributed by atoms with Crippen LogP contribution in [0.15, 0.2) is 42.5 Å². The number of amides is 2. The first-order valence-electron chi connectivity index (χ1n) is 9.30. The fourth-order valence-electron chi connectivity index (χ4n) is 3.29. The summed E-state index contributed by atoms with van der Waals surface area (Å²) < 4.78 is 5.57. The number of H-pyrrole nitrogens is 1. The van der Waals surface area contributed by atoms with Gasteiger partial charge in [-0.25, -0.2) is 0 Å². The summed E-state index contributed by atoms with van der Waals surface area (Å²) in [6.45, 7) is 1.74. The second-order valence-electron chi connectivity index (χ2n) is 6.90. The van der Waals surface area contributed by atoms with E-state index in [-0.39, 0.29) is 25.0 Å². The smallest absolute Gasteiger partial charge is 0.254 e. The molecule has 0 aliphatic carbocycles. The number of nitrogens with zero attached hydrogens (tertiary/aromatic N) is 3. The van der Waals surface area contributed by atoms with Crippen molar-refractivity contribution in [2.24, 2.45) is 5.92 Å². The molecule has 9 heteroatoms. The molecule has 2 heterocycles. The summed E-state index contributed by atoms with van der Waals surface area (Å²) in [5, 5.41) is 14.1. The molecule has 1 aliphatic heterocycles. The second-order valence-corrected chi connectivity index (χ2v) is 7.33. The van der Waals surface area contributed by atoms with Crippen molar-refractivity contribution in [3.05, 3.63) is 58.6 Å². The molecule has 2 amide bonds. The minimum absolute atomic E-state index is 0.156. The third-order valence-electron chi connectivity index (χ3n) is 4.84. The average Bonchev–Trinajstić information content (AvgIpc) is 3.06. The molecule has 2 aromatic carbocycles. The zero-order valence-electron chi connectivity index (χ0n) is 15.6. The van der Waals surface area contributed by atoms with Crippen LogP contribution in [0, 0.1) is 5.92 Å². The number of halogens is 1. The van der Waals surface area contributed by atoms with Crippen LogP contribution in [0.1, 0.15) is 15.9 Å². The van der Waals surface area contributed by atoms with Crippen LogP contribution < -0.4 is 5.32 Å². The number of fused-ring (bicyclic) bond motifs is 1. The number of nitrogens with one attached hydrogen (secondary N) is 2. The van der Waals surface area contributed by atoms with Gasteiger partial charge < -0.3 is 15.0 Å². The monoisotopic (exact) mass is 413 g/mol. The Morgan fingerprint density at radius 1 is 1.21 bits per heavy atom. The van der Waals surface area contributed by atoms with Crippen molar-refractivity contribution >= 4 is 34.4 Å². The Morgan fingerprint density at radius 2 is 2.07 bits per heavy atom. The van der Waals surface area contributed by atoms with Gasteiger partial charge in [-0.05, 0) is 35.9 Å².